The van der Waals surface area contributed by atoms with E-state index < -0.39 is 5.97 Å². The molecule has 42 heavy (non-hydrogen) atoms. The quantitative estimate of drug-likeness (QED) is 0.151. The smallest absolute Gasteiger partial charge is 0.335 e. The summed E-state index contributed by atoms with van der Waals surface area (Å²) in [4.78, 5) is 15.8. The third kappa shape index (κ3) is 4.92. The molecular weight excluding hydrogens is 554 g/mol. The number of benzene rings is 3. The zero-order valence-electron chi connectivity index (χ0n) is 23.1. The lowest BCUT2D eigenvalue weighted by molar-refractivity contribution is -0.686. The third-order valence-electron chi connectivity index (χ3n) is 7.78. The van der Waals surface area contributed by atoms with Gasteiger partial charge in [0.05, 0.1) is 40.4 Å². The summed E-state index contributed by atoms with van der Waals surface area (Å²) in [6.07, 6.45) is 5.96. The number of aromatic carboxylic acids is 1. The van der Waals surface area contributed by atoms with Crippen molar-refractivity contribution in [1.82, 2.24) is 4.98 Å². The molecule has 2 N–H and O–H groups in total. The number of pyridine rings is 1. The Morgan fingerprint density at radius 3 is 2.83 bits per heavy atom. The summed E-state index contributed by atoms with van der Waals surface area (Å²) in [5.74, 6) is 2.19. The van der Waals surface area contributed by atoms with Crippen molar-refractivity contribution in [3.05, 3.63) is 65.9 Å². The maximum absolute atomic E-state index is 11.2. The van der Waals surface area contributed by atoms with Crippen LogP contribution in [0.5, 0.6) is 23.0 Å². The monoisotopic (exact) mass is 584 g/mol. The lowest BCUT2D eigenvalue weighted by Crippen LogP contribution is -2.40. The molecule has 5 aromatic rings. The number of methoxy groups -OCH3 is 1. The highest BCUT2D eigenvalue weighted by Gasteiger charge is 2.28. The molecule has 214 valence electrons. The van der Waals surface area contributed by atoms with E-state index in [2.05, 4.69) is 45.3 Å². The second-order valence-electron chi connectivity index (χ2n) is 10.4. The Kier molecular flexibility index (Phi) is 6.91. The first kappa shape index (κ1) is 26.3. The Labute approximate surface area is 246 Å². The van der Waals surface area contributed by atoms with E-state index in [4.69, 9.17) is 18.9 Å². The molecule has 0 unspecified atom stereocenters. The van der Waals surface area contributed by atoms with Gasteiger partial charge in [-0.15, -0.1) is 0 Å². The molecule has 2 aliphatic rings. The van der Waals surface area contributed by atoms with Crippen LogP contribution < -0.4 is 28.8 Å². The van der Waals surface area contributed by atoms with Crippen molar-refractivity contribution in [2.45, 2.75) is 32.2 Å². The highest BCUT2D eigenvalue weighted by atomic mass is 32.1. The van der Waals surface area contributed by atoms with Crippen LogP contribution in [0.3, 0.4) is 0 Å². The van der Waals surface area contributed by atoms with Gasteiger partial charge in [0, 0.05) is 19.0 Å². The summed E-state index contributed by atoms with van der Waals surface area (Å²) in [7, 11) is 1.68. The van der Waals surface area contributed by atoms with Gasteiger partial charge < -0.3 is 29.4 Å². The van der Waals surface area contributed by atoms with Crippen LogP contribution in [0.1, 0.15) is 35.2 Å². The first-order valence-corrected chi connectivity index (χ1v) is 14.9. The van der Waals surface area contributed by atoms with Gasteiger partial charge in [-0.1, -0.05) is 11.3 Å². The molecule has 9 nitrogen and oxygen atoms in total. The van der Waals surface area contributed by atoms with Crippen molar-refractivity contribution in [2.75, 3.05) is 32.4 Å². The number of anilines is 1. The molecule has 0 spiro atoms. The summed E-state index contributed by atoms with van der Waals surface area (Å²) >= 11 is 1.47. The molecule has 4 heterocycles. The Bertz CT molecular complexity index is 1840. The number of hydrogen-bond acceptors (Lipinski definition) is 8. The number of ether oxygens (including phenoxy) is 4. The molecule has 0 fully saturated rings. The molecule has 7 rings (SSSR count). The van der Waals surface area contributed by atoms with Gasteiger partial charge >= 0.3 is 5.97 Å². The average molecular weight is 585 g/mol. The number of aryl methyl sites for hydroxylation is 2. The van der Waals surface area contributed by atoms with E-state index in [-0.39, 0.29) is 12.4 Å². The van der Waals surface area contributed by atoms with Crippen LogP contribution in [0.2, 0.25) is 0 Å². The molecule has 0 saturated carbocycles. The molecule has 0 saturated heterocycles. The number of unbranched alkanes of at least 4 members (excludes halogenated alkanes) is 2. The molecule has 0 bridgehead atoms. The summed E-state index contributed by atoms with van der Waals surface area (Å²) in [5, 5.41) is 15.5. The van der Waals surface area contributed by atoms with Crippen LogP contribution in [0.25, 0.3) is 32.2 Å². The predicted octanol–water partition coefficient (Wildman–Crippen LogP) is 6.06. The van der Waals surface area contributed by atoms with Crippen molar-refractivity contribution in [3.63, 3.8) is 0 Å². The van der Waals surface area contributed by atoms with E-state index in [9.17, 15) is 9.90 Å². The van der Waals surface area contributed by atoms with Crippen molar-refractivity contribution in [2.24, 2.45) is 0 Å². The van der Waals surface area contributed by atoms with Crippen LogP contribution in [0.4, 0.5) is 5.13 Å². The van der Waals surface area contributed by atoms with Gasteiger partial charge in [0.1, 0.15) is 0 Å². The number of carbonyl (C=O) groups is 1. The largest absolute Gasteiger partial charge is 0.493 e. The molecule has 0 aliphatic carbocycles. The Morgan fingerprint density at radius 2 is 1.98 bits per heavy atom. The summed E-state index contributed by atoms with van der Waals surface area (Å²) < 4.78 is 26.4. The first-order valence-electron chi connectivity index (χ1n) is 14.0. The highest BCUT2D eigenvalue weighted by molar-refractivity contribution is 7.22. The minimum absolute atomic E-state index is 0.271. The Morgan fingerprint density at radius 1 is 1.10 bits per heavy atom. The van der Waals surface area contributed by atoms with Gasteiger partial charge in [-0.05, 0) is 72.7 Å². The van der Waals surface area contributed by atoms with E-state index >= 15 is 0 Å². The molecular formula is C32H30N3O6S+. The van der Waals surface area contributed by atoms with E-state index in [0.29, 0.717) is 6.61 Å². The molecule has 10 heteroatoms. The van der Waals surface area contributed by atoms with Crippen molar-refractivity contribution in [1.29, 1.82) is 0 Å². The second kappa shape index (κ2) is 11.0. The predicted molar refractivity (Wildman–Crippen MR) is 160 cm³/mol. The third-order valence-corrected chi connectivity index (χ3v) is 8.75. The maximum atomic E-state index is 11.2. The number of fused-ring (bicyclic) bond motifs is 6. The molecule has 2 aliphatic heterocycles. The molecule has 3 aromatic carbocycles. The number of carboxylic acid groups (broad SMARTS) is 1. The molecule has 0 amide bonds. The maximum Gasteiger partial charge on any atom is 0.335 e. The van der Waals surface area contributed by atoms with Gasteiger partial charge in [0.25, 0.3) is 0 Å². The fourth-order valence-corrected chi connectivity index (χ4v) is 6.54. The number of nitrogens with one attached hydrogen (secondary N) is 1. The summed E-state index contributed by atoms with van der Waals surface area (Å²) in [5.41, 5.74) is 4.68. The number of hydrogen-bond donors (Lipinski definition) is 2. The number of carboxylic acids is 1. The molecule has 2 aromatic heterocycles. The zero-order valence-corrected chi connectivity index (χ0v) is 24.0. The SMILES string of the molecule is COc1ccc2cc3[n+](cc2c1OCCCCCNc1nc2ccc(C(=O)O)cc2s1)CCc1cc2c(cc1-3)OCO2. The van der Waals surface area contributed by atoms with Gasteiger partial charge in [0.15, 0.2) is 40.9 Å². The van der Waals surface area contributed by atoms with Crippen LogP contribution >= 0.6 is 11.3 Å². The van der Waals surface area contributed by atoms with Crippen LogP contribution in [-0.2, 0) is 13.0 Å². The number of nitrogens with zero attached hydrogens (tertiary/aromatic N) is 2. The average Bonchev–Trinajstić information content (AvgIpc) is 3.64. The minimum atomic E-state index is -0.930. The van der Waals surface area contributed by atoms with Gasteiger partial charge in [-0.25, -0.2) is 9.78 Å². The van der Waals surface area contributed by atoms with Crippen LogP contribution in [0, 0.1) is 0 Å². The lowest BCUT2D eigenvalue weighted by atomic mass is 9.95. The van der Waals surface area contributed by atoms with Gasteiger partial charge in [-0.2, -0.15) is 4.57 Å². The lowest BCUT2D eigenvalue weighted by Gasteiger charge is -2.18. The fraction of sp³-hybridized carbons (Fsp3) is 0.281. The van der Waals surface area contributed by atoms with E-state index in [1.807, 2.05) is 6.07 Å². The topological polar surface area (TPSA) is 103 Å². The number of thiazole rings is 1. The minimum Gasteiger partial charge on any atom is -0.493 e. The number of rotatable bonds is 10. The van der Waals surface area contributed by atoms with E-state index in [0.717, 1.165) is 93.6 Å². The van der Waals surface area contributed by atoms with Crippen LogP contribution in [0.15, 0.2) is 54.7 Å². The standard InChI is InChI=1S/C32H29N3O6S/c1-38-26-8-6-19-13-25-22-16-28-27(40-18-41-28)14-20(22)9-11-35(25)17-23(19)30(26)39-12-4-2-3-10-33-32-34-24-7-5-21(31(36)37)15-29(24)42-32/h5-8,13-17H,2-4,9-12,18H2,1H3,(H-,33,34,36,37)/p+1. The second-order valence-corrected chi connectivity index (χ2v) is 11.4. The van der Waals surface area contributed by atoms with E-state index in [1.54, 1.807) is 25.3 Å². The van der Waals surface area contributed by atoms with Crippen molar-refractivity contribution in [3.8, 4) is 34.3 Å². The molecule has 0 radical (unpaired) electrons. The zero-order chi connectivity index (χ0) is 28.6. The fourth-order valence-electron chi connectivity index (χ4n) is 5.61. The van der Waals surface area contributed by atoms with E-state index in [1.165, 1.54) is 22.5 Å². The summed E-state index contributed by atoms with van der Waals surface area (Å²) in [6, 6.07) is 15.5. The Hall–Kier alpha value is -4.57. The Balaban J connectivity index is 0.992. The van der Waals surface area contributed by atoms with Gasteiger partial charge in [0.2, 0.25) is 12.5 Å². The normalized spacial score (nSPS) is 13.2. The summed E-state index contributed by atoms with van der Waals surface area (Å²) in [6.45, 7) is 2.51. The van der Waals surface area contributed by atoms with Crippen molar-refractivity contribution < 1.29 is 33.4 Å². The van der Waals surface area contributed by atoms with Crippen LogP contribution in [-0.4, -0.2) is 43.1 Å². The van der Waals surface area contributed by atoms with Crippen molar-refractivity contribution >= 4 is 43.4 Å². The molecule has 0 atom stereocenters. The van der Waals surface area contributed by atoms with Gasteiger partial charge in [-0.3, -0.25) is 0 Å². The first-order chi connectivity index (χ1) is 20.6. The number of aromatic nitrogens is 2. The highest BCUT2D eigenvalue weighted by Crippen LogP contribution is 2.41.